The van der Waals surface area contributed by atoms with Crippen molar-refractivity contribution in [2.75, 3.05) is 0 Å². The van der Waals surface area contributed by atoms with Gasteiger partial charge < -0.3 is 15.2 Å². The van der Waals surface area contributed by atoms with E-state index in [2.05, 4.69) is 43.6 Å². The normalized spacial score (nSPS) is 13.0. The number of amides is 2. The van der Waals surface area contributed by atoms with Gasteiger partial charge in [0.1, 0.15) is 5.82 Å². The van der Waals surface area contributed by atoms with E-state index in [1.807, 2.05) is 36.4 Å². The molecule has 0 unspecified atom stereocenters. The Morgan fingerprint density at radius 3 is 2.64 bits per heavy atom. The molecule has 2 amide bonds. The van der Waals surface area contributed by atoms with Crippen LogP contribution in [0.5, 0.6) is 0 Å². The van der Waals surface area contributed by atoms with E-state index < -0.39 is 0 Å². The van der Waals surface area contributed by atoms with E-state index in [9.17, 15) is 4.79 Å². The van der Waals surface area contributed by atoms with Crippen LogP contribution in [-0.2, 0) is 26.1 Å². The van der Waals surface area contributed by atoms with Crippen LogP contribution in [0, 0.1) is 0 Å². The predicted octanol–water partition coefficient (Wildman–Crippen LogP) is 3.77. The second-order valence-electron chi connectivity index (χ2n) is 6.70. The first-order chi connectivity index (χ1) is 13.8. The van der Waals surface area contributed by atoms with Crippen LogP contribution in [0.3, 0.4) is 0 Å². The molecule has 0 saturated carbocycles. The van der Waals surface area contributed by atoms with Crippen molar-refractivity contribution in [2.45, 2.75) is 48.7 Å². The van der Waals surface area contributed by atoms with E-state index in [0.717, 1.165) is 47.9 Å². The Hall–Kier alpha value is -2.80. The fourth-order valence-electron chi connectivity index (χ4n) is 3.26. The standard InChI is InChI=1S/C21H23N5OS/c27-21(23-15-20-25-24-19-12-6-7-13-26(19)20)22-14-16-8-4-5-11-18(16)28-17-9-2-1-3-10-17/h1-5,8-11H,6-7,12-15H2,(H2,22,23,27). The molecule has 2 heterocycles. The fourth-order valence-corrected chi connectivity index (χ4v) is 4.23. The molecular formula is C21H23N5OS. The Labute approximate surface area is 168 Å². The molecule has 0 atom stereocenters. The number of nitrogens with one attached hydrogen (secondary N) is 2. The molecule has 0 radical (unpaired) electrons. The highest BCUT2D eigenvalue weighted by Gasteiger charge is 2.16. The van der Waals surface area contributed by atoms with Gasteiger partial charge in [-0.15, -0.1) is 10.2 Å². The molecule has 0 saturated heterocycles. The zero-order valence-electron chi connectivity index (χ0n) is 15.6. The maximum absolute atomic E-state index is 12.3. The summed E-state index contributed by atoms with van der Waals surface area (Å²) in [4.78, 5) is 14.6. The summed E-state index contributed by atoms with van der Waals surface area (Å²) in [5.41, 5.74) is 1.09. The van der Waals surface area contributed by atoms with Crippen LogP contribution >= 0.6 is 11.8 Å². The molecule has 0 aliphatic carbocycles. The SMILES string of the molecule is O=C(NCc1ccccc1Sc1ccccc1)NCc1nnc2n1CCCC2. The molecule has 2 N–H and O–H groups in total. The lowest BCUT2D eigenvalue weighted by atomic mass is 10.2. The van der Waals surface area contributed by atoms with Gasteiger partial charge in [-0.1, -0.05) is 48.2 Å². The number of hydrogen-bond donors (Lipinski definition) is 2. The number of aryl methyl sites for hydroxylation is 1. The summed E-state index contributed by atoms with van der Waals surface area (Å²) >= 11 is 1.70. The molecule has 3 aromatic rings. The zero-order chi connectivity index (χ0) is 19.2. The first-order valence-corrected chi connectivity index (χ1v) is 10.3. The molecule has 1 aliphatic heterocycles. The van der Waals surface area contributed by atoms with Crippen molar-refractivity contribution < 1.29 is 4.79 Å². The molecule has 2 aromatic carbocycles. The highest BCUT2D eigenvalue weighted by atomic mass is 32.2. The lowest BCUT2D eigenvalue weighted by Crippen LogP contribution is -2.35. The van der Waals surface area contributed by atoms with Gasteiger partial charge in [-0.3, -0.25) is 0 Å². The van der Waals surface area contributed by atoms with E-state index in [1.54, 1.807) is 11.8 Å². The third kappa shape index (κ3) is 4.54. The molecule has 144 valence electrons. The van der Waals surface area contributed by atoms with Crippen molar-refractivity contribution in [3.63, 3.8) is 0 Å². The number of aromatic nitrogens is 3. The van der Waals surface area contributed by atoms with E-state index >= 15 is 0 Å². The van der Waals surface area contributed by atoms with Gasteiger partial charge in [-0.05, 0) is 36.6 Å². The molecular weight excluding hydrogens is 370 g/mol. The minimum absolute atomic E-state index is 0.201. The molecule has 0 spiro atoms. The van der Waals surface area contributed by atoms with Crippen LogP contribution in [0.1, 0.15) is 30.1 Å². The van der Waals surface area contributed by atoms with Crippen LogP contribution in [0.2, 0.25) is 0 Å². The summed E-state index contributed by atoms with van der Waals surface area (Å²) in [6.45, 7) is 1.80. The van der Waals surface area contributed by atoms with Gasteiger partial charge in [0.15, 0.2) is 5.82 Å². The molecule has 4 rings (SSSR count). The fraction of sp³-hybridized carbons (Fsp3) is 0.286. The van der Waals surface area contributed by atoms with Gasteiger partial charge in [-0.25, -0.2) is 4.79 Å². The van der Waals surface area contributed by atoms with Crippen LogP contribution in [0.25, 0.3) is 0 Å². The number of benzene rings is 2. The van der Waals surface area contributed by atoms with E-state index in [0.29, 0.717) is 13.1 Å². The Balaban J connectivity index is 1.32. The van der Waals surface area contributed by atoms with Crippen molar-refractivity contribution in [3.05, 3.63) is 71.8 Å². The smallest absolute Gasteiger partial charge is 0.315 e. The predicted molar refractivity (Wildman–Crippen MR) is 109 cm³/mol. The first kappa shape index (κ1) is 18.6. The number of hydrogen-bond acceptors (Lipinski definition) is 4. The van der Waals surface area contributed by atoms with Crippen molar-refractivity contribution in [1.82, 2.24) is 25.4 Å². The summed E-state index contributed by atoms with van der Waals surface area (Å²) in [6, 6.07) is 18.2. The second-order valence-corrected chi connectivity index (χ2v) is 7.82. The summed E-state index contributed by atoms with van der Waals surface area (Å²) in [7, 11) is 0. The highest BCUT2D eigenvalue weighted by Crippen LogP contribution is 2.30. The summed E-state index contributed by atoms with van der Waals surface area (Å²) in [6.07, 6.45) is 3.27. The topological polar surface area (TPSA) is 71.8 Å². The van der Waals surface area contributed by atoms with Crippen LogP contribution < -0.4 is 10.6 Å². The van der Waals surface area contributed by atoms with Gasteiger partial charge >= 0.3 is 6.03 Å². The molecule has 6 nitrogen and oxygen atoms in total. The Morgan fingerprint density at radius 2 is 1.75 bits per heavy atom. The summed E-state index contributed by atoms with van der Waals surface area (Å²) in [5.74, 6) is 1.85. The number of carbonyl (C=O) groups excluding carboxylic acids is 1. The van der Waals surface area contributed by atoms with Gasteiger partial charge in [0.05, 0.1) is 6.54 Å². The molecule has 0 bridgehead atoms. The number of carbonyl (C=O) groups is 1. The summed E-state index contributed by atoms with van der Waals surface area (Å²) < 4.78 is 2.12. The average Bonchev–Trinajstić information content (AvgIpc) is 3.15. The second kappa shape index (κ2) is 8.93. The lowest BCUT2D eigenvalue weighted by molar-refractivity contribution is 0.239. The van der Waals surface area contributed by atoms with Crippen molar-refractivity contribution in [1.29, 1.82) is 0 Å². The number of urea groups is 1. The van der Waals surface area contributed by atoms with E-state index in [1.165, 1.54) is 4.90 Å². The van der Waals surface area contributed by atoms with Crippen LogP contribution in [0.15, 0.2) is 64.4 Å². The average molecular weight is 394 g/mol. The molecule has 28 heavy (non-hydrogen) atoms. The van der Waals surface area contributed by atoms with Crippen LogP contribution in [0.4, 0.5) is 4.79 Å². The number of fused-ring (bicyclic) bond motifs is 1. The lowest BCUT2D eigenvalue weighted by Gasteiger charge is -2.15. The third-order valence-electron chi connectivity index (χ3n) is 4.73. The van der Waals surface area contributed by atoms with Gasteiger partial charge in [-0.2, -0.15) is 0 Å². The maximum atomic E-state index is 12.3. The van der Waals surface area contributed by atoms with Gasteiger partial charge in [0.25, 0.3) is 0 Å². The van der Waals surface area contributed by atoms with Gasteiger partial charge in [0, 0.05) is 29.3 Å². The maximum Gasteiger partial charge on any atom is 0.315 e. The first-order valence-electron chi connectivity index (χ1n) is 9.53. The number of rotatable bonds is 6. The molecule has 7 heteroatoms. The third-order valence-corrected chi connectivity index (χ3v) is 5.85. The Bertz CT molecular complexity index is 941. The largest absolute Gasteiger partial charge is 0.334 e. The Kier molecular flexibility index (Phi) is 5.92. The monoisotopic (exact) mass is 393 g/mol. The van der Waals surface area contributed by atoms with E-state index in [-0.39, 0.29) is 6.03 Å². The highest BCUT2D eigenvalue weighted by molar-refractivity contribution is 7.99. The molecule has 1 aliphatic rings. The van der Waals surface area contributed by atoms with Crippen molar-refractivity contribution in [2.24, 2.45) is 0 Å². The zero-order valence-corrected chi connectivity index (χ0v) is 16.4. The van der Waals surface area contributed by atoms with Crippen molar-refractivity contribution in [3.8, 4) is 0 Å². The van der Waals surface area contributed by atoms with Crippen molar-refractivity contribution >= 4 is 17.8 Å². The minimum Gasteiger partial charge on any atom is -0.334 e. The van der Waals surface area contributed by atoms with E-state index in [4.69, 9.17) is 0 Å². The van der Waals surface area contributed by atoms with Gasteiger partial charge in [0.2, 0.25) is 0 Å². The molecule has 1 aromatic heterocycles. The van der Waals surface area contributed by atoms with Crippen LogP contribution in [-0.4, -0.2) is 20.8 Å². The molecule has 0 fully saturated rings. The quantitative estimate of drug-likeness (QED) is 0.669. The number of nitrogens with zero attached hydrogens (tertiary/aromatic N) is 3. The summed E-state index contributed by atoms with van der Waals surface area (Å²) in [5, 5.41) is 14.3. The minimum atomic E-state index is -0.201. The Morgan fingerprint density at radius 1 is 0.964 bits per heavy atom.